The average Bonchev–Trinajstić information content (AvgIpc) is 2.41. The van der Waals surface area contributed by atoms with Crippen LogP contribution in [-0.4, -0.2) is 29.8 Å². The molecule has 0 amide bonds. The van der Waals surface area contributed by atoms with E-state index in [0.29, 0.717) is 5.89 Å². The maximum Gasteiger partial charge on any atom is 0.192 e. The van der Waals surface area contributed by atoms with Crippen molar-refractivity contribution in [1.29, 1.82) is 0 Å². The Morgan fingerprint density at radius 1 is 1.54 bits per heavy atom. The fourth-order valence-corrected chi connectivity index (χ4v) is 0.899. The van der Waals surface area contributed by atoms with E-state index in [1.165, 1.54) is 0 Å². The molecule has 13 heavy (non-hydrogen) atoms. The zero-order chi connectivity index (χ0) is 9.84. The van der Waals surface area contributed by atoms with Crippen molar-refractivity contribution in [2.45, 2.75) is 20.8 Å². The number of aryl methyl sites for hydroxylation is 2. The van der Waals surface area contributed by atoms with Crippen molar-refractivity contribution in [3.05, 3.63) is 17.3 Å². The highest BCUT2D eigenvalue weighted by molar-refractivity contribution is 5.76. The van der Waals surface area contributed by atoms with Gasteiger partial charge in [-0.25, -0.2) is 4.98 Å². The minimum atomic E-state index is 0.679. The standard InChI is InChI=1S/C9H15N3O/c1-5-12(4)10-6-9-7(2)11-8(3)13-9/h6H,5H2,1-4H3/b10-6+. The molecule has 0 saturated heterocycles. The van der Waals surface area contributed by atoms with E-state index in [9.17, 15) is 0 Å². The van der Waals surface area contributed by atoms with E-state index in [1.54, 1.807) is 6.21 Å². The van der Waals surface area contributed by atoms with Crippen LogP contribution < -0.4 is 0 Å². The first-order valence-corrected chi connectivity index (χ1v) is 4.32. The third-order valence-corrected chi connectivity index (χ3v) is 1.77. The van der Waals surface area contributed by atoms with Gasteiger partial charge in [-0.1, -0.05) is 0 Å². The number of aromatic nitrogens is 1. The lowest BCUT2D eigenvalue weighted by molar-refractivity contribution is 0.376. The summed E-state index contributed by atoms with van der Waals surface area (Å²) in [5.74, 6) is 1.41. The van der Waals surface area contributed by atoms with Crippen molar-refractivity contribution >= 4 is 6.21 Å². The molecule has 0 aliphatic heterocycles. The van der Waals surface area contributed by atoms with E-state index in [2.05, 4.69) is 10.1 Å². The highest BCUT2D eigenvalue weighted by Crippen LogP contribution is 2.06. The third-order valence-electron chi connectivity index (χ3n) is 1.77. The highest BCUT2D eigenvalue weighted by Gasteiger charge is 2.02. The number of rotatable bonds is 3. The summed E-state index contributed by atoms with van der Waals surface area (Å²) in [6.45, 7) is 6.65. The molecule has 0 spiro atoms. The predicted molar refractivity (Wildman–Crippen MR) is 51.9 cm³/mol. The van der Waals surface area contributed by atoms with Gasteiger partial charge in [0.25, 0.3) is 0 Å². The lowest BCUT2D eigenvalue weighted by Gasteiger charge is -2.06. The molecular formula is C9H15N3O. The molecule has 72 valence electrons. The monoisotopic (exact) mass is 181 g/mol. The molecule has 0 aromatic carbocycles. The van der Waals surface area contributed by atoms with Gasteiger partial charge in [0.15, 0.2) is 11.7 Å². The van der Waals surface area contributed by atoms with Crippen LogP contribution in [0.5, 0.6) is 0 Å². The summed E-state index contributed by atoms with van der Waals surface area (Å²) >= 11 is 0. The fraction of sp³-hybridized carbons (Fsp3) is 0.556. The Hall–Kier alpha value is -1.32. The molecule has 1 rings (SSSR count). The maximum absolute atomic E-state index is 5.32. The lowest BCUT2D eigenvalue weighted by Crippen LogP contribution is -2.09. The average molecular weight is 181 g/mol. The second-order valence-electron chi connectivity index (χ2n) is 2.90. The van der Waals surface area contributed by atoms with E-state index in [1.807, 2.05) is 32.8 Å². The van der Waals surface area contributed by atoms with Gasteiger partial charge in [0.05, 0.1) is 11.9 Å². The molecule has 0 unspecified atom stereocenters. The van der Waals surface area contributed by atoms with Crippen molar-refractivity contribution < 1.29 is 4.42 Å². The van der Waals surface area contributed by atoms with Gasteiger partial charge >= 0.3 is 0 Å². The molecular weight excluding hydrogens is 166 g/mol. The predicted octanol–water partition coefficient (Wildman–Crippen LogP) is 1.58. The van der Waals surface area contributed by atoms with E-state index < -0.39 is 0 Å². The molecule has 4 nitrogen and oxygen atoms in total. The van der Waals surface area contributed by atoms with Gasteiger partial charge in [0, 0.05) is 20.5 Å². The summed E-state index contributed by atoms with van der Waals surface area (Å²) in [6, 6.07) is 0. The zero-order valence-corrected chi connectivity index (χ0v) is 8.53. The number of nitrogens with zero attached hydrogens (tertiary/aromatic N) is 3. The van der Waals surface area contributed by atoms with E-state index in [-0.39, 0.29) is 0 Å². The van der Waals surface area contributed by atoms with Crippen LogP contribution in [0.3, 0.4) is 0 Å². The SMILES string of the molecule is CCN(C)/N=C/c1oc(C)nc1C. The molecule has 0 saturated carbocycles. The van der Waals surface area contributed by atoms with Crippen LogP contribution in [0.15, 0.2) is 9.52 Å². The summed E-state index contributed by atoms with van der Waals surface area (Å²) < 4.78 is 5.32. The maximum atomic E-state index is 5.32. The van der Waals surface area contributed by atoms with E-state index >= 15 is 0 Å². The van der Waals surface area contributed by atoms with Crippen molar-refractivity contribution in [2.75, 3.05) is 13.6 Å². The molecule has 0 N–H and O–H groups in total. The third kappa shape index (κ3) is 2.57. The minimum absolute atomic E-state index is 0.679. The van der Waals surface area contributed by atoms with Crippen LogP contribution in [0, 0.1) is 13.8 Å². The van der Waals surface area contributed by atoms with Crippen LogP contribution in [0.25, 0.3) is 0 Å². The summed E-state index contributed by atoms with van der Waals surface area (Å²) in [5.41, 5.74) is 0.880. The van der Waals surface area contributed by atoms with Gasteiger partial charge in [-0.2, -0.15) is 5.10 Å². The molecule has 0 atom stereocenters. The van der Waals surface area contributed by atoms with Gasteiger partial charge in [0.1, 0.15) is 0 Å². The Labute approximate surface area is 78.3 Å². The Morgan fingerprint density at radius 3 is 2.69 bits per heavy atom. The van der Waals surface area contributed by atoms with Crippen LogP contribution in [0.2, 0.25) is 0 Å². The summed E-state index contributed by atoms with van der Waals surface area (Å²) in [7, 11) is 1.91. The number of oxazole rings is 1. The lowest BCUT2D eigenvalue weighted by atomic mass is 10.4. The topological polar surface area (TPSA) is 41.6 Å². The first kappa shape index (κ1) is 9.77. The summed E-state index contributed by atoms with van der Waals surface area (Å²) in [4.78, 5) is 4.14. The van der Waals surface area contributed by atoms with Crippen LogP contribution in [-0.2, 0) is 0 Å². The molecule has 0 aliphatic rings. The Bertz CT molecular complexity index is 304. The molecule has 0 fully saturated rings. The van der Waals surface area contributed by atoms with Crippen molar-refractivity contribution in [1.82, 2.24) is 9.99 Å². The van der Waals surface area contributed by atoms with E-state index in [4.69, 9.17) is 4.42 Å². The Morgan fingerprint density at radius 2 is 2.23 bits per heavy atom. The number of hydrazone groups is 1. The molecule has 0 bridgehead atoms. The molecule has 4 heteroatoms. The summed E-state index contributed by atoms with van der Waals surface area (Å²) in [6.07, 6.45) is 1.69. The van der Waals surface area contributed by atoms with E-state index in [0.717, 1.165) is 18.0 Å². The highest BCUT2D eigenvalue weighted by atomic mass is 16.4. The molecule has 1 aromatic rings. The van der Waals surface area contributed by atoms with Crippen molar-refractivity contribution in [2.24, 2.45) is 5.10 Å². The van der Waals surface area contributed by atoms with Gasteiger partial charge in [-0.05, 0) is 13.8 Å². The largest absolute Gasteiger partial charge is 0.440 e. The van der Waals surface area contributed by atoms with Gasteiger partial charge in [0.2, 0.25) is 0 Å². The van der Waals surface area contributed by atoms with Crippen LogP contribution >= 0.6 is 0 Å². The first-order chi connectivity index (χ1) is 6.13. The van der Waals surface area contributed by atoms with Gasteiger partial charge in [-0.15, -0.1) is 0 Å². The molecule has 0 radical (unpaired) electrons. The van der Waals surface area contributed by atoms with Crippen LogP contribution in [0.4, 0.5) is 0 Å². The second kappa shape index (κ2) is 4.07. The first-order valence-electron chi connectivity index (χ1n) is 4.32. The molecule has 1 aromatic heterocycles. The fourth-order valence-electron chi connectivity index (χ4n) is 0.899. The molecule has 0 aliphatic carbocycles. The smallest absolute Gasteiger partial charge is 0.192 e. The summed E-state index contributed by atoms with van der Waals surface area (Å²) in [5, 5.41) is 5.99. The Balaban J connectivity index is 2.73. The molecule has 1 heterocycles. The number of hydrogen-bond donors (Lipinski definition) is 0. The second-order valence-corrected chi connectivity index (χ2v) is 2.90. The Kier molecular flexibility index (Phi) is 3.06. The van der Waals surface area contributed by atoms with Crippen LogP contribution in [0.1, 0.15) is 24.3 Å². The minimum Gasteiger partial charge on any atom is -0.440 e. The number of hydrogen-bond acceptors (Lipinski definition) is 4. The van der Waals surface area contributed by atoms with Crippen molar-refractivity contribution in [3.8, 4) is 0 Å². The zero-order valence-electron chi connectivity index (χ0n) is 8.53. The quantitative estimate of drug-likeness (QED) is 0.525. The van der Waals surface area contributed by atoms with Crippen molar-refractivity contribution in [3.63, 3.8) is 0 Å². The normalized spacial score (nSPS) is 11.1. The van der Waals surface area contributed by atoms with Gasteiger partial charge in [-0.3, -0.25) is 0 Å². The van der Waals surface area contributed by atoms with Gasteiger partial charge < -0.3 is 9.43 Å².